The molecule has 0 aliphatic carbocycles. The predicted octanol–water partition coefficient (Wildman–Crippen LogP) is 3.10. The lowest BCUT2D eigenvalue weighted by Crippen LogP contribution is -1.84. The van der Waals surface area contributed by atoms with Crippen molar-refractivity contribution < 1.29 is 0 Å². The Morgan fingerprint density at radius 1 is 1.06 bits per heavy atom. The maximum Gasteiger partial charge on any atom is 0.139 e. The number of pyridine rings is 1. The number of H-pyrrole nitrogens is 1. The molecule has 0 aliphatic heterocycles. The highest BCUT2D eigenvalue weighted by molar-refractivity contribution is 5.84. The van der Waals surface area contributed by atoms with Crippen molar-refractivity contribution in [2.24, 2.45) is 0 Å². The Balaban J connectivity index is 2.19. The van der Waals surface area contributed by atoms with E-state index < -0.39 is 0 Å². The Morgan fingerprint density at radius 3 is 2.65 bits per heavy atom. The van der Waals surface area contributed by atoms with E-state index in [0.29, 0.717) is 5.56 Å². The van der Waals surface area contributed by atoms with E-state index in [9.17, 15) is 0 Å². The van der Waals surface area contributed by atoms with Crippen molar-refractivity contribution in [3.05, 3.63) is 54.2 Å². The smallest absolute Gasteiger partial charge is 0.139 e. The van der Waals surface area contributed by atoms with E-state index in [2.05, 4.69) is 16.0 Å². The summed E-state index contributed by atoms with van der Waals surface area (Å²) in [5.74, 6) is 0. The number of nitriles is 1. The van der Waals surface area contributed by atoms with E-state index in [4.69, 9.17) is 5.26 Å². The van der Waals surface area contributed by atoms with Gasteiger partial charge in [0.2, 0.25) is 0 Å². The number of aromatic amines is 1. The normalized spacial score (nSPS) is 10.3. The van der Waals surface area contributed by atoms with Crippen LogP contribution in [0.4, 0.5) is 0 Å². The highest BCUT2D eigenvalue weighted by Crippen LogP contribution is 2.21. The average molecular weight is 219 g/mol. The van der Waals surface area contributed by atoms with Gasteiger partial charge in [0.25, 0.3) is 0 Å². The van der Waals surface area contributed by atoms with Crippen LogP contribution >= 0.6 is 0 Å². The third-order valence-electron chi connectivity index (χ3n) is 2.73. The molecule has 1 aromatic carbocycles. The van der Waals surface area contributed by atoms with Gasteiger partial charge in [0.15, 0.2) is 0 Å². The summed E-state index contributed by atoms with van der Waals surface area (Å²) >= 11 is 0. The van der Waals surface area contributed by atoms with Gasteiger partial charge in [-0.2, -0.15) is 5.26 Å². The Hall–Kier alpha value is -2.60. The summed E-state index contributed by atoms with van der Waals surface area (Å²) in [6.07, 6.45) is 1.69. The summed E-state index contributed by atoms with van der Waals surface area (Å²) in [4.78, 5) is 7.52. The molecule has 0 saturated carbocycles. The van der Waals surface area contributed by atoms with Gasteiger partial charge in [-0.3, -0.25) is 0 Å². The molecule has 1 N–H and O–H groups in total. The lowest BCUT2D eigenvalue weighted by Gasteiger charge is -2.00. The second kappa shape index (κ2) is 3.76. The zero-order valence-electron chi connectivity index (χ0n) is 9.01. The van der Waals surface area contributed by atoms with Crippen molar-refractivity contribution in [3.63, 3.8) is 0 Å². The highest BCUT2D eigenvalue weighted by Gasteiger charge is 2.05. The maximum absolute atomic E-state index is 8.91. The number of nitrogens with one attached hydrogen (secondary N) is 1. The molecule has 3 rings (SSSR count). The van der Waals surface area contributed by atoms with E-state index >= 15 is 0 Å². The lowest BCUT2D eigenvalue weighted by molar-refractivity contribution is 1.32. The standard InChI is InChI=1S/C14H9N3/c15-8-11-9-16-14-12(11)6-7-13(17-14)10-4-2-1-3-5-10/h1-7,9H,(H,16,17). The molecule has 0 aliphatic rings. The largest absolute Gasteiger partial charge is 0.345 e. The van der Waals surface area contributed by atoms with Crippen molar-refractivity contribution in [1.82, 2.24) is 9.97 Å². The minimum Gasteiger partial charge on any atom is -0.345 e. The fourth-order valence-corrected chi connectivity index (χ4v) is 1.87. The summed E-state index contributed by atoms with van der Waals surface area (Å²) in [6, 6.07) is 16.0. The minimum absolute atomic E-state index is 0.632. The number of fused-ring (bicyclic) bond motifs is 1. The maximum atomic E-state index is 8.91. The summed E-state index contributed by atoms with van der Waals surface area (Å²) in [7, 11) is 0. The van der Waals surface area contributed by atoms with Crippen molar-refractivity contribution in [2.45, 2.75) is 0 Å². The molecule has 0 amide bonds. The van der Waals surface area contributed by atoms with Gasteiger partial charge in [-0.15, -0.1) is 0 Å². The van der Waals surface area contributed by atoms with Gasteiger partial charge in [-0.05, 0) is 12.1 Å². The van der Waals surface area contributed by atoms with E-state index in [1.165, 1.54) is 0 Å². The molecular formula is C14H9N3. The second-order valence-electron chi connectivity index (χ2n) is 3.77. The zero-order chi connectivity index (χ0) is 11.7. The topological polar surface area (TPSA) is 52.5 Å². The number of hydrogen-bond acceptors (Lipinski definition) is 2. The highest BCUT2D eigenvalue weighted by atomic mass is 14.9. The fourth-order valence-electron chi connectivity index (χ4n) is 1.87. The van der Waals surface area contributed by atoms with Crippen molar-refractivity contribution in [2.75, 3.05) is 0 Å². The molecule has 0 atom stereocenters. The molecule has 3 heteroatoms. The van der Waals surface area contributed by atoms with Gasteiger partial charge in [0, 0.05) is 17.1 Å². The first-order valence-corrected chi connectivity index (χ1v) is 5.32. The van der Waals surface area contributed by atoms with Crippen LogP contribution in [-0.2, 0) is 0 Å². The van der Waals surface area contributed by atoms with Crippen LogP contribution in [0.15, 0.2) is 48.7 Å². The van der Waals surface area contributed by atoms with Crippen LogP contribution in [-0.4, -0.2) is 9.97 Å². The molecule has 2 aromatic heterocycles. The molecule has 80 valence electrons. The fraction of sp³-hybridized carbons (Fsp3) is 0. The SMILES string of the molecule is N#Cc1c[nH]c2nc(-c3ccccc3)ccc12. The molecule has 0 unspecified atom stereocenters. The first-order chi connectivity index (χ1) is 8.38. The van der Waals surface area contributed by atoms with Crippen LogP contribution in [0.3, 0.4) is 0 Å². The summed E-state index contributed by atoms with van der Waals surface area (Å²) in [6.45, 7) is 0. The van der Waals surface area contributed by atoms with Gasteiger partial charge < -0.3 is 4.98 Å². The Morgan fingerprint density at radius 2 is 1.88 bits per heavy atom. The molecule has 3 aromatic rings. The molecule has 0 saturated heterocycles. The molecule has 0 bridgehead atoms. The molecule has 0 fully saturated rings. The van der Waals surface area contributed by atoms with Crippen molar-refractivity contribution in [3.8, 4) is 17.3 Å². The molecule has 2 heterocycles. The minimum atomic E-state index is 0.632. The van der Waals surface area contributed by atoms with Gasteiger partial charge in [0.1, 0.15) is 11.7 Å². The number of benzene rings is 1. The van der Waals surface area contributed by atoms with Crippen molar-refractivity contribution in [1.29, 1.82) is 5.26 Å². The van der Waals surface area contributed by atoms with Gasteiger partial charge in [0.05, 0.1) is 11.3 Å². The van der Waals surface area contributed by atoms with Gasteiger partial charge in [-0.1, -0.05) is 30.3 Å². The first kappa shape index (κ1) is 9.61. The Bertz CT molecular complexity index is 705. The average Bonchev–Trinajstić information content (AvgIpc) is 2.81. The van der Waals surface area contributed by atoms with Crippen molar-refractivity contribution >= 4 is 11.0 Å². The summed E-state index contributed by atoms with van der Waals surface area (Å²) in [5.41, 5.74) is 3.36. The number of aromatic nitrogens is 2. The van der Waals surface area contributed by atoms with Crippen LogP contribution in [0.2, 0.25) is 0 Å². The molecule has 0 spiro atoms. The number of rotatable bonds is 1. The third kappa shape index (κ3) is 1.56. The zero-order valence-corrected chi connectivity index (χ0v) is 9.01. The molecular weight excluding hydrogens is 210 g/mol. The molecule has 0 radical (unpaired) electrons. The lowest BCUT2D eigenvalue weighted by atomic mass is 10.1. The van der Waals surface area contributed by atoms with Gasteiger partial charge in [-0.25, -0.2) is 4.98 Å². The van der Waals surface area contributed by atoms with Gasteiger partial charge >= 0.3 is 0 Å². The van der Waals surface area contributed by atoms with E-state index in [-0.39, 0.29) is 0 Å². The van der Waals surface area contributed by atoms with E-state index in [1.54, 1.807) is 6.20 Å². The summed E-state index contributed by atoms with van der Waals surface area (Å²) < 4.78 is 0. The third-order valence-corrected chi connectivity index (χ3v) is 2.73. The summed E-state index contributed by atoms with van der Waals surface area (Å²) in [5, 5.41) is 9.78. The van der Waals surface area contributed by atoms with Crippen LogP contribution < -0.4 is 0 Å². The van der Waals surface area contributed by atoms with Crippen LogP contribution in [0.25, 0.3) is 22.3 Å². The number of hydrogen-bond donors (Lipinski definition) is 1. The Labute approximate surface area is 98.4 Å². The monoisotopic (exact) mass is 219 g/mol. The quantitative estimate of drug-likeness (QED) is 0.683. The molecule has 17 heavy (non-hydrogen) atoms. The van der Waals surface area contributed by atoms with Crippen LogP contribution in [0.1, 0.15) is 5.56 Å². The predicted molar refractivity (Wildman–Crippen MR) is 66.2 cm³/mol. The number of nitrogens with zero attached hydrogens (tertiary/aromatic N) is 2. The first-order valence-electron chi connectivity index (χ1n) is 5.32. The van der Waals surface area contributed by atoms with Crippen LogP contribution in [0.5, 0.6) is 0 Å². The Kier molecular flexibility index (Phi) is 2.13. The second-order valence-corrected chi connectivity index (χ2v) is 3.77. The molecule has 3 nitrogen and oxygen atoms in total. The van der Waals surface area contributed by atoms with E-state index in [1.807, 2.05) is 42.5 Å². The van der Waals surface area contributed by atoms with E-state index in [0.717, 1.165) is 22.3 Å². The van der Waals surface area contributed by atoms with Crippen LogP contribution in [0, 0.1) is 11.3 Å².